The van der Waals surface area contributed by atoms with Gasteiger partial charge in [0.15, 0.2) is 0 Å². The quantitative estimate of drug-likeness (QED) is 0.856. The maximum atomic E-state index is 11.9. The molecule has 0 saturated heterocycles. The molecule has 0 fully saturated rings. The lowest BCUT2D eigenvalue weighted by molar-refractivity contribution is -0.137. The number of rotatable bonds is 6. The summed E-state index contributed by atoms with van der Waals surface area (Å²) in [5.41, 5.74) is 2.29. The number of nitrogens with zero attached hydrogens (tertiary/aromatic N) is 1. The number of benzene rings is 1. The van der Waals surface area contributed by atoms with E-state index in [-0.39, 0.29) is 13.0 Å². The number of amides is 1. The molecule has 0 saturated carbocycles. The first-order valence-corrected chi connectivity index (χ1v) is 7.16. The highest BCUT2D eigenvalue weighted by Crippen LogP contribution is 2.16. The molecular weight excluding hydrogens is 296 g/mol. The van der Waals surface area contributed by atoms with Crippen LogP contribution in [0.15, 0.2) is 48.7 Å². The average Bonchev–Trinajstić information content (AvgIpc) is 2.53. The summed E-state index contributed by atoms with van der Waals surface area (Å²) >= 11 is 0. The molecule has 6 heteroatoms. The number of aromatic nitrogens is 1. The first-order chi connectivity index (χ1) is 11.0. The van der Waals surface area contributed by atoms with Crippen LogP contribution < -0.4 is 5.32 Å². The molecule has 1 aromatic heterocycles. The molecule has 0 aliphatic carbocycles. The lowest BCUT2D eigenvalue weighted by atomic mass is 10.1. The van der Waals surface area contributed by atoms with Gasteiger partial charge >= 0.3 is 12.1 Å². The number of nitrogens with one attached hydrogen (secondary N) is 1. The Kier molecular flexibility index (Phi) is 5.68. The molecule has 1 aromatic carbocycles. The Morgan fingerprint density at radius 1 is 1.22 bits per heavy atom. The number of aliphatic carboxylic acids is 1. The van der Waals surface area contributed by atoms with Crippen LogP contribution in [0.1, 0.15) is 29.3 Å². The van der Waals surface area contributed by atoms with Crippen molar-refractivity contribution in [2.75, 3.05) is 0 Å². The maximum Gasteiger partial charge on any atom is 0.407 e. The van der Waals surface area contributed by atoms with E-state index in [1.165, 1.54) is 0 Å². The fraction of sp³-hybridized carbons (Fsp3) is 0.235. The minimum Gasteiger partial charge on any atom is -0.481 e. The minimum atomic E-state index is -1.01. The maximum absolute atomic E-state index is 11.9. The topological polar surface area (TPSA) is 88.5 Å². The zero-order valence-corrected chi connectivity index (χ0v) is 12.7. The zero-order valence-electron chi connectivity index (χ0n) is 12.7. The zero-order chi connectivity index (χ0) is 16.7. The molecule has 23 heavy (non-hydrogen) atoms. The summed E-state index contributed by atoms with van der Waals surface area (Å²) in [7, 11) is 0. The summed E-state index contributed by atoms with van der Waals surface area (Å²) in [5, 5.41) is 11.6. The summed E-state index contributed by atoms with van der Waals surface area (Å²) in [6, 6.07) is 12.1. The molecule has 6 nitrogen and oxygen atoms in total. The second-order valence-corrected chi connectivity index (χ2v) is 5.09. The van der Waals surface area contributed by atoms with Crippen molar-refractivity contribution < 1.29 is 19.4 Å². The SMILES string of the molecule is Cc1ccc([C@H](CC(=O)O)NC(=O)OCc2ccccc2)cn1. The van der Waals surface area contributed by atoms with Gasteiger partial charge in [0.2, 0.25) is 0 Å². The first-order valence-electron chi connectivity index (χ1n) is 7.16. The second-order valence-electron chi connectivity index (χ2n) is 5.09. The lowest BCUT2D eigenvalue weighted by Gasteiger charge is -2.17. The predicted octanol–water partition coefficient (Wildman–Crippen LogP) is 2.83. The molecule has 0 radical (unpaired) electrons. The third kappa shape index (κ3) is 5.43. The van der Waals surface area contributed by atoms with Gasteiger partial charge in [-0.1, -0.05) is 36.4 Å². The van der Waals surface area contributed by atoms with E-state index in [4.69, 9.17) is 9.84 Å². The van der Waals surface area contributed by atoms with Crippen molar-refractivity contribution in [2.45, 2.75) is 26.0 Å². The number of hydrogen-bond donors (Lipinski definition) is 2. The van der Waals surface area contributed by atoms with Crippen LogP contribution in [0.2, 0.25) is 0 Å². The highest BCUT2D eigenvalue weighted by Gasteiger charge is 2.19. The average molecular weight is 314 g/mol. The third-order valence-electron chi connectivity index (χ3n) is 3.22. The van der Waals surface area contributed by atoms with Gasteiger partial charge < -0.3 is 15.2 Å². The van der Waals surface area contributed by atoms with Crippen LogP contribution in [0.25, 0.3) is 0 Å². The van der Waals surface area contributed by atoms with Gasteiger partial charge in [0, 0.05) is 11.9 Å². The van der Waals surface area contributed by atoms with E-state index >= 15 is 0 Å². The molecule has 0 spiro atoms. The molecule has 1 atom stereocenters. The van der Waals surface area contributed by atoms with Crippen LogP contribution >= 0.6 is 0 Å². The van der Waals surface area contributed by atoms with Crippen LogP contribution in [0, 0.1) is 6.92 Å². The van der Waals surface area contributed by atoms with Crippen molar-refractivity contribution >= 4 is 12.1 Å². The molecular formula is C17H18N2O4. The van der Waals surface area contributed by atoms with Crippen molar-refractivity contribution in [1.29, 1.82) is 0 Å². The smallest absolute Gasteiger partial charge is 0.407 e. The summed E-state index contributed by atoms with van der Waals surface area (Å²) < 4.78 is 5.12. The van der Waals surface area contributed by atoms with E-state index in [1.54, 1.807) is 18.3 Å². The van der Waals surface area contributed by atoms with Gasteiger partial charge in [-0.05, 0) is 24.1 Å². The number of ether oxygens (including phenoxy) is 1. The Labute approximate surface area is 134 Å². The molecule has 1 amide bonds. The number of carboxylic acids is 1. The van der Waals surface area contributed by atoms with Gasteiger partial charge in [0.25, 0.3) is 0 Å². The Morgan fingerprint density at radius 3 is 2.57 bits per heavy atom. The van der Waals surface area contributed by atoms with Crippen molar-refractivity contribution in [3.63, 3.8) is 0 Å². The molecule has 2 aromatic rings. The van der Waals surface area contributed by atoms with E-state index in [1.807, 2.05) is 37.3 Å². The Bertz CT molecular complexity index is 656. The van der Waals surface area contributed by atoms with E-state index < -0.39 is 18.1 Å². The van der Waals surface area contributed by atoms with Gasteiger partial charge in [0.1, 0.15) is 6.61 Å². The number of carbonyl (C=O) groups is 2. The number of hydrogen-bond acceptors (Lipinski definition) is 4. The molecule has 1 heterocycles. The fourth-order valence-corrected chi connectivity index (χ4v) is 2.02. The Hall–Kier alpha value is -2.89. The van der Waals surface area contributed by atoms with Gasteiger partial charge in [-0.2, -0.15) is 0 Å². The number of pyridine rings is 1. The monoisotopic (exact) mass is 314 g/mol. The normalized spacial score (nSPS) is 11.5. The number of aryl methyl sites for hydroxylation is 1. The Balaban J connectivity index is 1.98. The highest BCUT2D eigenvalue weighted by atomic mass is 16.5. The van der Waals surface area contributed by atoms with Gasteiger partial charge in [0.05, 0.1) is 12.5 Å². The number of carbonyl (C=O) groups excluding carboxylic acids is 1. The second kappa shape index (κ2) is 7.93. The first kappa shape index (κ1) is 16.5. The Morgan fingerprint density at radius 2 is 1.96 bits per heavy atom. The third-order valence-corrected chi connectivity index (χ3v) is 3.22. The van der Waals surface area contributed by atoms with Crippen molar-refractivity contribution in [3.8, 4) is 0 Å². The van der Waals surface area contributed by atoms with Gasteiger partial charge in [-0.25, -0.2) is 4.79 Å². The molecule has 2 rings (SSSR count). The molecule has 2 N–H and O–H groups in total. The van der Waals surface area contributed by atoms with Gasteiger partial charge in [-0.3, -0.25) is 9.78 Å². The van der Waals surface area contributed by atoms with Crippen molar-refractivity contribution in [1.82, 2.24) is 10.3 Å². The van der Waals surface area contributed by atoms with Crippen molar-refractivity contribution in [3.05, 3.63) is 65.5 Å². The summed E-state index contributed by atoms with van der Waals surface area (Å²) in [6.45, 7) is 1.95. The van der Waals surface area contributed by atoms with E-state index in [0.717, 1.165) is 11.3 Å². The summed E-state index contributed by atoms with van der Waals surface area (Å²) in [4.78, 5) is 27.0. The number of alkyl carbamates (subject to hydrolysis) is 1. The van der Waals surface area contributed by atoms with Gasteiger partial charge in [-0.15, -0.1) is 0 Å². The predicted molar refractivity (Wildman–Crippen MR) is 83.7 cm³/mol. The standard InChI is InChI=1S/C17H18N2O4/c1-12-7-8-14(10-18-12)15(9-16(20)21)19-17(22)23-11-13-5-3-2-4-6-13/h2-8,10,15H,9,11H2,1H3,(H,19,22)(H,20,21)/t15-/m0/s1. The van der Waals surface area contributed by atoms with Crippen LogP contribution in [0.4, 0.5) is 4.79 Å². The van der Waals surface area contributed by atoms with Crippen molar-refractivity contribution in [2.24, 2.45) is 0 Å². The van der Waals surface area contributed by atoms with Crippen LogP contribution in [-0.2, 0) is 16.1 Å². The molecule has 0 aliphatic rings. The molecule has 120 valence electrons. The highest BCUT2D eigenvalue weighted by molar-refractivity contribution is 5.71. The summed E-state index contributed by atoms with van der Waals surface area (Å²) in [6.07, 6.45) is 0.645. The molecule has 0 bridgehead atoms. The molecule has 0 unspecified atom stereocenters. The van der Waals surface area contributed by atoms with Crippen LogP contribution in [0.3, 0.4) is 0 Å². The van der Waals surface area contributed by atoms with E-state index in [9.17, 15) is 9.59 Å². The number of carboxylic acid groups (broad SMARTS) is 1. The van der Waals surface area contributed by atoms with Crippen LogP contribution in [0.5, 0.6) is 0 Å². The van der Waals surface area contributed by atoms with E-state index in [0.29, 0.717) is 5.56 Å². The van der Waals surface area contributed by atoms with E-state index in [2.05, 4.69) is 10.3 Å². The largest absolute Gasteiger partial charge is 0.481 e. The lowest BCUT2D eigenvalue weighted by Crippen LogP contribution is -2.30. The summed E-state index contributed by atoms with van der Waals surface area (Å²) in [5.74, 6) is -1.01. The fourth-order valence-electron chi connectivity index (χ4n) is 2.02. The minimum absolute atomic E-state index is 0.124. The van der Waals surface area contributed by atoms with Crippen LogP contribution in [-0.4, -0.2) is 22.2 Å². The molecule has 0 aliphatic heterocycles.